The molecule has 0 saturated heterocycles. The summed E-state index contributed by atoms with van der Waals surface area (Å²) in [6, 6.07) is 3.37. The van der Waals surface area contributed by atoms with Crippen LogP contribution in [-0.2, 0) is 0 Å². The SMILES string of the molecule is Cc1cc(=O)oc2c(C)c3oc(C=O)c(C)c3cc12. The van der Waals surface area contributed by atoms with Crippen molar-refractivity contribution in [2.24, 2.45) is 0 Å². The maximum absolute atomic E-state index is 11.5. The number of hydrogen-bond acceptors (Lipinski definition) is 4. The number of carbonyl (C=O) groups excluding carboxylic acids is 1. The third-order valence-corrected chi connectivity index (χ3v) is 3.51. The first-order chi connectivity index (χ1) is 9.02. The molecule has 0 N–H and O–H groups in total. The van der Waals surface area contributed by atoms with Crippen molar-refractivity contribution in [3.05, 3.63) is 45.0 Å². The zero-order valence-corrected chi connectivity index (χ0v) is 10.9. The molecule has 0 fully saturated rings. The Hall–Kier alpha value is -2.36. The van der Waals surface area contributed by atoms with Gasteiger partial charge in [-0.1, -0.05) is 0 Å². The number of rotatable bonds is 1. The lowest BCUT2D eigenvalue weighted by Crippen LogP contribution is -1.99. The van der Waals surface area contributed by atoms with Gasteiger partial charge in [-0.05, 0) is 32.4 Å². The van der Waals surface area contributed by atoms with Gasteiger partial charge in [0.05, 0.1) is 0 Å². The van der Waals surface area contributed by atoms with E-state index < -0.39 is 0 Å². The van der Waals surface area contributed by atoms with Gasteiger partial charge in [-0.25, -0.2) is 4.79 Å². The van der Waals surface area contributed by atoms with Gasteiger partial charge in [0.1, 0.15) is 11.2 Å². The van der Waals surface area contributed by atoms with Gasteiger partial charge in [-0.2, -0.15) is 0 Å². The zero-order chi connectivity index (χ0) is 13.7. The van der Waals surface area contributed by atoms with E-state index in [1.165, 1.54) is 6.07 Å². The lowest BCUT2D eigenvalue weighted by molar-refractivity contribution is 0.110. The molecule has 4 nitrogen and oxygen atoms in total. The molecule has 0 bridgehead atoms. The molecule has 0 radical (unpaired) electrons. The highest BCUT2D eigenvalue weighted by Crippen LogP contribution is 2.33. The normalized spacial score (nSPS) is 11.3. The molecular weight excluding hydrogens is 244 g/mol. The second kappa shape index (κ2) is 3.82. The summed E-state index contributed by atoms with van der Waals surface area (Å²) >= 11 is 0. The van der Waals surface area contributed by atoms with Crippen molar-refractivity contribution in [1.29, 1.82) is 0 Å². The molecule has 4 heteroatoms. The summed E-state index contributed by atoms with van der Waals surface area (Å²) in [5.74, 6) is 0.313. The summed E-state index contributed by atoms with van der Waals surface area (Å²) in [5.41, 5.74) is 3.13. The van der Waals surface area contributed by atoms with Crippen LogP contribution in [0.4, 0.5) is 0 Å². The van der Waals surface area contributed by atoms with E-state index in [0.717, 1.165) is 27.5 Å². The van der Waals surface area contributed by atoms with Crippen molar-refractivity contribution < 1.29 is 13.6 Å². The summed E-state index contributed by atoms with van der Waals surface area (Å²) in [4.78, 5) is 22.4. The lowest BCUT2D eigenvalue weighted by Gasteiger charge is -2.04. The maximum Gasteiger partial charge on any atom is 0.336 e. The van der Waals surface area contributed by atoms with Crippen molar-refractivity contribution >= 4 is 28.2 Å². The van der Waals surface area contributed by atoms with E-state index in [0.29, 0.717) is 23.2 Å². The van der Waals surface area contributed by atoms with E-state index in [1.807, 2.05) is 26.8 Å². The molecular formula is C15H12O4. The highest BCUT2D eigenvalue weighted by molar-refractivity contribution is 6.01. The van der Waals surface area contributed by atoms with Crippen molar-refractivity contribution in [1.82, 2.24) is 0 Å². The van der Waals surface area contributed by atoms with Gasteiger partial charge in [0, 0.05) is 28.0 Å². The number of aldehydes is 1. The highest BCUT2D eigenvalue weighted by Gasteiger charge is 2.16. The molecule has 0 amide bonds. The van der Waals surface area contributed by atoms with Gasteiger partial charge in [0.2, 0.25) is 0 Å². The first kappa shape index (κ1) is 11.7. The van der Waals surface area contributed by atoms with Crippen molar-refractivity contribution in [2.45, 2.75) is 20.8 Å². The Balaban J connectivity index is 2.61. The molecule has 2 aromatic heterocycles. The van der Waals surface area contributed by atoms with Crippen LogP contribution in [0.15, 0.2) is 25.8 Å². The molecule has 0 spiro atoms. The first-order valence-corrected chi connectivity index (χ1v) is 5.95. The standard InChI is InChI=1S/C15H12O4/c1-7-4-13(17)19-14-9(3)15-11(5-10(7)14)8(2)12(6-16)18-15/h4-6H,1-3H3. The Morgan fingerprint density at radius 3 is 2.32 bits per heavy atom. The fraction of sp³-hybridized carbons (Fsp3) is 0.200. The smallest absolute Gasteiger partial charge is 0.336 e. The van der Waals surface area contributed by atoms with Crippen molar-refractivity contribution in [3.8, 4) is 0 Å². The third kappa shape index (κ3) is 1.53. The number of hydrogen-bond donors (Lipinski definition) is 0. The van der Waals surface area contributed by atoms with Crippen LogP contribution in [-0.4, -0.2) is 6.29 Å². The molecule has 19 heavy (non-hydrogen) atoms. The second-order valence-electron chi connectivity index (χ2n) is 4.71. The van der Waals surface area contributed by atoms with Gasteiger partial charge in [-0.15, -0.1) is 0 Å². The number of furan rings is 1. The molecule has 0 aliphatic rings. The fourth-order valence-electron chi connectivity index (χ4n) is 2.43. The van der Waals surface area contributed by atoms with E-state index in [2.05, 4.69) is 0 Å². The predicted molar refractivity (Wildman–Crippen MR) is 71.9 cm³/mol. The average Bonchev–Trinajstić information content (AvgIpc) is 2.69. The van der Waals surface area contributed by atoms with Crippen molar-refractivity contribution in [2.75, 3.05) is 0 Å². The quantitative estimate of drug-likeness (QED) is 0.495. The monoisotopic (exact) mass is 256 g/mol. The van der Waals surface area contributed by atoms with Gasteiger partial charge >= 0.3 is 5.63 Å². The van der Waals surface area contributed by atoms with Crippen LogP contribution in [0.5, 0.6) is 0 Å². The minimum absolute atomic E-state index is 0.313. The van der Waals surface area contributed by atoms with E-state index in [-0.39, 0.29) is 5.63 Å². The van der Waals surface area contributed by atoms with Gasteiger partial charge in [0.25, 0.3) is 0 Å². The third-order valence-electron chi connectivity index (χ3n) is 3.51. The Bertz CT molecular complexity index is 881. The summed E-state index contributed by atoms with van der Waals surface area (Å²) in [6.45, 7) is 5.53. The molecule has 0 aliphatic carbocycles. The molecule has 3 aromatic rings. The van der Waals surface area contributed by atoms with E-state index in [4.69, 9.17) is 8.83 Å². The molecule has 2 heterocycles. The van der Waals surface area contributed by atoms with Gasteiger partial charge in [0.15, 0.2) is 12.0 Å². The molecule has 0 unspecified atom stereocenters. The van der Waals surface area contributed by atoms with Gasteiger partial charge < -0.3 is 8.83 Å². The van der Waals surface area contributed by atoms with E-state index in [1.54, 1.807) is 0 Å². The van der Waals surface area contributed by atoms with Crippen LogP contribution >= 0.6 is 0 Å². The van der Waals surface area contributed by atoms with Crippen LogP contribution in [0.1, 0.15) is 27.2 Å². The first-order valence-electron chi connectivity index (χ1n) is 5.95. The summed E-state index contributed by atoms with van der Waals surface area (Å²) in [7, 11) is 0. The maximum atomic E-state index is 11.5. The van der Waals surface area contributed by atoms with Crippen LogP contribution in [0.3, 0.4) is 0 Å². The largest absolute Gasteiger partial charge is 0.453 e. The molecule has 1 aromatic carbocycles. The zero-order valence-electron chi connectivity index (χ0n) is 10.9. The van der Waals surface area contributed by atoms with Gasteiger partial charge in [-0.3, -0.25) is 4.79 Å². The lowest BCUT2D eigenvalue weighted by atomic mass is 10.0. The fourth-order valence-corrected chi connectivity index (χ4v) is 2.43. The molecule has 0 aliphatic heterocycles. The summed E-state index contributed by atoms with van der Waals surface area (Å²) < 4.78 is 10.8. The summed E-state index contributed by atoms with van der Waals surface area (Å²) in [6.07, 6.45) is 0.697. The highest BCUT2D eigenvalue weighted by atomic mass is 16.4. The van der Waals surface area contributed by atoms with E-state index >= 15 is 0 Å². The molecule has 0 saturated carbocycles. The minimum atomic E-state index is -0.383. The topological polar surface area (TPSA) is 60.4 Å². The Labute approximate surface area is 108 Å². The number of benzene rings is 1. The molecule has 0 atom stereocenters. The number of fused-ring (bicyclic) bond motifs is 2. The minimum Gasteiger partial charge on any atom is -0.453 e. The number of aryl methyl sites for hydroxylation is 3. The Kier molecular flexibility index (Phi) is 2.35. The van der Waals surface area contributed by atoms with E-state index in [9.17, 15) is 9.59 Å². The number of carbonyl (C=O) groups is 1. The van der Waals surface area contributed by atoms with Crippen LogP contribution in [0.2, 0.25) is 0 Å². The molecule has 3 rings (SSSR count). The van der Waals surface area contributed by atoms with Crippen LogP contribution in [0.25, 0.3) is 21.9 Å². The average molecular weight is 256 g/mol. The predicted octanol–water partition coefficient (Wildman–Crippen LogP) is 3.28. The second-order valence-corrected chi connectivity index (χ2v) is 4.71. The summed E-state index contributed by atoms with van der Waals surface area (Å²) in [5, 5.41) is 1.75. The Morgan fingerprint density at radius 1 is 0.947 bits per heavy atom. The Morgan fingerprint density at radius 2 is 1.63 bits per heavy atom. The van der Waals surface area contributed by atoms with Crippen LogP contribution < -0.4 is 5.63 Å². The van der Waals surface area contributed by atoms with Crippen LogP contribution in [0, 0.1) is 20.8 Å². The van der Waals surface area contributed by atoms with Crippen molar-refractivity contribution in [3.63, 3.8) is 0 Å². The molecule has 96 valence electrons.